The summed E-state index contributed by atoms with van der Waals surface area (Å²) in [6.45, 7) is 3.80. The average Bonchev–Trinajstić information content (AvgIpc) is 3.06. The molecule has 2 unspecified atom stereocenters. The Morgan fingerprint density at radius 3 is 2.80 bits per heavy atom. The third kappa shape index (κ3) is 3.42. The van der Waals surface area contributed by atoms with Gasteiger partial charge < -0.3 is 20.7 Å². The molecule has 2 fully saturated rings. The van der Waals surface area contributed by atoms with Gasteiger partial charge in [-0.05, 0) is 44.4 Å². The molecule has 2 atom stereocenters. The molecule has 2 saturated heterocycles. The van der Waals surface area contributed by atoms with E-state index in [0.717, 1.165) is 25.8 Å². The molecule has 2 heterocycles. The summed E-state index contributed by atoms with van der Waals surface area (Å²) in [7, 11) is 1.56. The van der Waals surface area contributed by atoms with E-state index in [0.29, 0.717) is 30.1 Å². The van der Waals surface area contributed by atoms with Crippen molar-refractivity contribution < 1.29 is 14.3 Å². The van der Waals surface area contributed by atoms with Crippen LogP contribution in [0.4, 0.5) is 10.5 Å². The second kappa shape index (κ2) is 7.31. The van der Waals surface area contributed by atoms with Gasteiger partial charge in [-0.15, -0.1) is 0 Å². The Hall–Kier alpha value is -2.28. The van der Waals surface area contributed by atoms with Crippen LogP contribution < -0.4 is 20.7 Å². The van der Waals surface area contributed by atoms with Gasteiger partial charge in [-0.3, -0.25) is 9.69 Å². The summed E-state index contributed by atoms with van der Waals surface area (Å²) >= 11 is 0. The van der Waals surface area contributed by atoms with Gasteiger partial charge in [0.05, 0.1) is 12.8 Å². The molecule has 136 valence electrons. The van der Waals surface area contributed by atoms with E-state index in [1.807, 2.05) is 11.8 Å². The van der Waals surface area contributed by atoms with Crippen molar-refractivity contribution in [3.8, 4) is 5.75 Å². The van der Waals surface area contributed by atoms with Crippen molar-refractivity contribution in [1.82, 2.24) is 10.2 Å². The lowest BCUT2D eigenvalue weighted by Crippen LogP contribution is -2.51. The normalized spacial score (nSPS) is 21.9. The monoisotopic (exact) mass is 346 g/mol. The van der Waals surface area contributed by atoms with Gasteiger partial charge in [0.1, 0.15) is 5.75 Å². The van der Waals surface area contributed by atoms with Crippen molar-refractivity contribution in [3.63, 3.8) is 0 Å². The zero-order chi connectivity index (χ0) is 18.0. The highest BCUT2D eigenvalue weighted by Crippen LogP contribution is 2.31. The number of carbonyl (C=O) groups is 2. The van der Waals surface area contributed by atoms with Crippen LogP contribution in [0.3, 0.4) is 0 Å². The third-order valence-corrected chi connectivity index (χ3v) is 4.99. The number of amides is 3. The Bertz CT molecular complexity index is 662. The van der Waals surface area contributed by atoms with Crippen LogP contribution in [0.25, 0.3) is 0 Å². The Labute approximate surface area is 148 Å². The lowest BCUT2D eigenvalue weighted by molar-refractivity contribution is 0.0584. The number of rotatable bonds is 4. The Morgan fingerprint density at radius 2 is 2.16 bits per heavy atom. The van der Waals surface area contributed by atoms with Crippen molar-refractivity contribution in [2.45, 2.75) is 38.3 Å². The van der Waals surface area contributed by atoms with E-state index in [-0.39, 0.29) is 24.0 Å². The largest absolute Gasteiger partial charge is 0.495 e. The molecule has 25 heavy (non-hydrogen) atoms. The van der Waals surface area contributed by atoms with Gasteiger partial charge in [-0.25, -0.2) is 4.79 Å². The number of hydrogen-bond acceptors (Lipinski definition) is 4. The topological polar surface area (TPSA) is 87.9 Å². The first-order chi connectivity index (χ1) is 12.0. The van der Waals surface area contributed by atoms with Gasteiger partial charge in [0.2, 0.25) is 0 Å². The first-order valence-electron chi connectivity index (χ1n) is 8.83. The Balaban J connectivity index is 1.91. The lowest BCUT2D eigenvalue weighted by Gasteiger charge is -2.38. The molecule has 0 radical (unpaired) electrons. The highest BCUT2D eigenvalue weighted by Gasteiger charge is 2.31. The summed E-state index contributed by atoms with van der Waals surface area (Å²) in [4.78, 5) is 28.6. The second-order valence-electron chi connectivity index (χ2n) is 6.69. The fraction of sp³-hybridized carbons (Fsp3) is 0.556. The minimum absolute atomic E-state index is 0.0366. The molecule has 2 aliphatic heterocycles. The van der Waals surface area contributed by atoms with Crippen LogP contribution in [0.2, 0.25) is 0 Å². The van der Waals surface area contributed by atoms with Gasteiger partial charge in [0, 0.05) is 37.3 Å². The van der Waals surface area contributed by atoms with Gasteiger partial charge >= 0.3 is 6.03 Å². The van der Waals surface area contributed by atoms with Gasteiger partial charge in [0.15, 0.2) is 0 Å². The highest BCUT2D eigenvalue weighted by molar-refractivity contribution is 6.00. The van der Waals surface area contributed by atoms with E-state index in [4.69, 9.17) is 10.5 Å². The number of nitrogens with one attached hydrogen (secondary N) is 1. The number of carbonyl (C=O) groups excluding carboxylic acids is 2. The maximum atomic E-state index is 13.1. The molecule has 7 heteroatoms. The predicted octanol–water partition coefficient (Wildman–Crippen LogP) is 1.57. The SMILES string of the molecule is COc1ccc(C(=O)N2CCCCC2C(C)N)cc1N1CCNC1=O. The maximum Gasteiger partial charge on any atom is 0.322 e. The fourth-order valence-corrected chi connectivity index (χ4v) is 3.66. The van der Waals surface area contributed by atoms with E-state index in [2.05, 4.69) is 5.32 Å². The summed E-state index contributed by atoms with van der Waals surface area (Å²) in [5.74, 6) is 0.543. The highest BCUT2D eigenvalue weighted by atomic mass is 16.5. The molecule has 0 bridgehead atoms. The number of anilines is 1. The minimum Gasteiger partial charge on any atom is -0.495 e. The summed E-state index contributed by atoms with van der Waals surface area (Å²) in [5.41, 5.74) is 7.27. The first-order valence-corrected chi connectivity index (χ1v) is 8.83. The Kier molecular flexibility index (Phi) is 5.13. The number of nitrogens with two attached hydrogens (primary N) is 1. The molecule has 0 aliphatic carbocycles. The molecule has 0 saturated carbocycles. The van der Waals surface area contributed by atoms with Gasteiger partial charge in [0.25, 0.3) is 5.91 Å². The van der Waals surface area contributed by atoms with E-state index >= 15 is 0 Å². The van der Waals surface area contributed by atoms with Crippen molar-refractivity contribution in [3.05, 3.63) is 23.8 Å². The van der Waals surface area contributed by atoms with Crippen molar-refractivity contribution in [1.29, 1.82) is 0 Å². The fourth-order valence-electron chi connectivity index (χ4n) is 3.66. The number of methoxy groups -OCH3 is 1. The van der Waals surface area contributed by atoms with Crippen LogP contribution in [-0.2, 0) is 0 Å². The standard InChI is InChI=1S/C18H26N4O3/c1-12(19)14-5-3-4-9-21(14)17(23)13-6-7-16(25-2)15(11-13)22-10-8-20-18(22)24/h6-7,11-12,14H,3-5,8-10,19H2,1-2H3,(H,20,24). The van der Waals surface area contributed by atoms with Crippen molar-refractivity contribution >= 4 is 17.6 Å². The quantitative estimate of drug-likeness (QED) is 0.866. The lowest BCUT2D eigenvalue weighted by atomic mass is 9.96. The number of nitrogens with zero attached hydrogens (tertiary/aromatic N) is 2. The number of benzene rings is 1. The molecule has 3 rings (SSSR count). The molecule has 0 spiro atoms. The Morgan fingerprint density at radius 1 is 1.36 bits per heavy atom. The van der Waals surface area contributed by atoms with Gasteiger partial charge in [-0.2, -0.15) is 0 Å². The zero-order valence-corrected chi connectivity index (χ0v) is 14.8. The molecule has 3 amide bonds. The molecular weight excluding hydrogens is 320 g/mol. The van der Waals surface area contributed by atoms with Crippen molar-refractivity contribution in [2.75, 3.05) is 31.6 Å². The van der Waals surface area contributed by atoms with Crippen LogP contribution in [0.15, 0.2) is 18.2 Å². The number of ether oxygens (including phenoxy) is 1. The average molecular weight is 346 g/mol. The van der Waals surface area contributed by atoms with Crippen LogP contribution in [0.5, 0.6) is 5.75 Å². The maximum absolute atomic E-state index is 13.1. The summed E-state index contributed by atoms with van der Waals surface area (Å²) in [5, 5.41) is 2.77. The van der Waals surface area contributed by atoms with Gasteiger partial charge in [-0.1, -0.05) is 0 Å². The van der Waals surface area contributed by atoms with Crippen LogP contribution in [-0.4, -0.2) is 55.7 Å². The summed E-state index contributed by atoms with van der Waals surface area (Å²) in [6, 6.07) is 5.08. The number of piperidine rings is 1. The molecule has 7 nitrogen and oxygen atoms in total. The number of likely N-dealkylation sites (tertiary alicyclic amines) is 1. The van der Waals surface area contributed by atoms with Crippen LogP contribution in [0.1, 0.15) is 36.5 Å². The number of urea groups is 1. The minimum atomic E-state index is -0.172. The van der Waals surface area contributed by atoms with E-state index in [1.54, 1.807) is 30.2 Å². The molecule has 2 aliphatic rings. The zero-order valence-electron chi connectivity index (χ0n) is 14.8. The van der Waals surface area contributed by atoms with E-state index in [1.165, 1.54) is 0 Å². The summed E-state index contributed by atoms with van der Waals surface area (Å²) in [6.07, 6.45) is 3.02. The first kappa shape index (κ1) is 17.5. The summed E-state index contributed by atoms with van der Waals surface area (Å²) < 4.78 is 5.38. The molecular formula is C18H26N4O3. The molecule has 1 aromatic carbocycles. The van der Waals surface area contributed by atoms with E-state index in [9.17, 15) is 9.59 Å². The third-order valence-electron chi connectivity index (χ3n) is 4.99. The number of hydrogen-bond donors (Lipinski definition) is 2. The molecule has 0 aromatic heterocycles. The van der Waals surface area contributed by atoms with Crippen LogP contribution >= 0.6 is 0 Å². The van der Waals surface area contributed by atoms with Crippen LogP contribution in [0, 0.1) is 0 Å². The van der Waals surface area contributed by atoms with E-state index < -0.39 is 0 Å². The second-order valence-corrected chi connectivity index (χ2v) is 6.69. The van der Waals surface area contributed by atoms with Crippen molar-refractivity contribution in [2.24, 2.45) is 5.73 Å². The predicted molar refractivity (Wildman–Crippen MR) is 96.1 cm³/mol. The molecule has 3 N–H and O–H groups in total. The smallest absolute Gasteiger partial charge is 0.322 e. The molecule has 1 aromatic rings.